The van der Waals surface area contributed by atoms with Crippen LogP contribution in [0.3, 0.4) is 0 Å². The molecule has 0 saturated heterocycles. The number of halogens is 1. The number of hydrogen-bond donors (Lipinski definition) is 0. The van der Waals surface area contributed by atoms with Crippen LogP contribution in [0.15, 0.2) is 46.1 Å². The van der Waals surface area contributed by atoms with Crippen molar-refractivity contribution in [3.63, 3.8) is 0 Å². The Bertz CT molecular complexity index is 314. The second-order valence-electron chi connectivity index (χ2n) is 4.15. The van der Waals surface area contributed by atoms with E-state index in [-0.39, 0.29) is 5.45 Å². The van der Waals surface area contributed by atoms with Gasteiger partial charge in [0.25, 0.3) is 0 Å². The molecule has 0 unspecified atom stereocenters. The van der Waals surface area contributed by atoms with Gasteiger partial charge in [-0.05, 0) is 12.1 Å². The van der Waals surface area contributed by atoms with Crippen LogP contribution in [0.2, 0.25) is 19.6 Å². The van der Waals surface area contributed by atoms with Crippen molar-refractivity contribution in [1.82, 2.24) is 0 Å². The van der Waals surface area contributed by atoms with Gasteiger partial charge in [0.1, 0.15) is 8.07 Å². The normalized spacial score (nSPS) is 13.0. The topological polar surface area (TPSA) is 0 Å². The Morgan fingerprint density at radius 3 is 2.29 bits per heavy atom. The van der Waals surface area contributed by atoms with Crippen molar-refractivity contribution in [2.45, 2.75) is 24.5 Å². The molecule has 0 heterocycles. The first-order valence-corrected chi connectivity index (χ1v) is 8.96. The lowest BCUT2D eigenvalue weighted by molar-refractivity contribution is 0.685. The Hall–Kier alpha value is -0.543. The average Bonchev–Trinajstić information content (AvgIpc) is 2.14. The number of hydrogen-bond acceptors (Lipinski definition) is 1. The second kappa shape index (κ2) is 4.80. The van der Waals surface area contributed by atoms with Crippen molar-refractivity contribution < 1.29 is 4.39 Å². The highest BCUT2D eigenvalue weighted by molar-refractivity contribution is 8.02. The molecule has 0 aliphatic rings. The highest BCUT2D eigenvalue weighted by Gasteiger charge is 2.19. The first-order chi connectivity index (χ1) is 6.50. The van der Waals surface area contributed by atoms with Gasteiger partial charge in [-0.1, -0.05) is 49.6 Å². The molecule has 0 saturated carbocycles. The van der Waals surface area contributed by atoms with E-state index in [1.807, 2.05) is 50.0 Å². The largest absolute Gasteiger partial charge is 0.217 e. The van der Waals surface area contributed by atoms with Crippen LogP contribution in [-0.4, -0.2) is 8.07 Å². The van der Waals surface area contributed by atoms with Crippen LogP contribution in [0.5, 0.6) is 0 Å². The lowest BCUT2D eigenvalue weighted by Gasteiger charge is -2.12. The molecule has 1 rings (SSSR count). The van der Waals surface area contributed by atoms with E-state index in [1.165, 1.54) is 11.8 Å². The van der Waals surface area contributed by atoms with Crippen molar-refractivity contribution >= 4 is 19.8 Å². The van der Waals surface area contributed by atoms with Crippen LogP contribution in [0, 0.1) is 0 Å². The molecule has 0 fully saturated rings. The highest BCUT2D eigenvalue weighted by Crippen LogP contribution is 2.24. The van der Waals surface area contributed by atoms with Gasteiger partial charge in [-0.2, -0.15) is 0 Å². The molecule has 0 aliphatic heterocycles. The maximum atomic E-state index is 13.5. The minimum Gasteiger partial charge on any atom is -0.217 e. The van der Waals surface area contributed by atoms with Gasteiger partial charge in [-0.15, -0.1) is 0 Å². The maximum Gasteiger partial charge on any atom is 0.115 e. The molecule has 0 spiro atoms. The first-order valence-electron chi connectivity index (χ1n) is 4.58. The van der Waals surface area contributed by atoms with Crippen LogP contribution >= 0.6 is 11.8 Å². The zero-order chi connectivity index (χ0) is 10.6. The Morgan fingerprint density at radius 2 is 1.79 bits per heavy atom. The molecule has 3 heteroatoms. The second-order valence-corrected chi connectivity index (χ2v) is 10.1. The smallest absolute Gasteiger partial charge is 0.115 e. The quantitative estimate of drug-likeness (QED) is 0.541. The Labute approximate surface area is 90.2 Å². The summed E-state index contributed by atoms with van der Waals surface area (Å²) >= 11 is 1.45. The third kappa shape index (κ3) is 3.68. The van der Waals surface area contributed by atoms with Gasteiger partial charge >= 0.3 is 0 Å². The fraction of sp³-hybridized carbons (Fsp3) is 0.273. The fourth-order valence-electron chi connectivity index (χ4n) is 0.796. The molecule has 0 atom stereocenters. The molecule has 0 amide bonds. The summed E-state index contributed by atoms with van der Waals surface area (Å²) in [7, 11) is -1.74. The molecular weight excluding hydrogens is 211 g/mol. The molecular formula is C11H15FSSi. The third-order valence-corrected chi connectivity index (χ3v) is 4.41. The van der Waals surface area contributed by atoms with Crippen molar-refractivity contribution in [2.75, 3.05) is 0 Å². The van der Waals surface area contributed by atoms with Gasteiger partial charge in [0, 0.05) is 10.3 Å². The van der Waals surface area contributed by atoms with Crippen LogP contribution in [0.4, 0.5) is 4.39 Å². The maximum absolute atomic E-state index is 13.5. The summed E-state index contributed by atoms with van der Waals surface area (Å²) in [5, 5.41) is 1.64. The molecule has 0 nitrogen and oxygen atoms in total. The van der Waals surface area contributed by atoms with E-state index in [1.54, 1.807) is 5.41 Å². The molecule has 0 bridgehead atoms. The standard InChI is InChI=1S/C11H15FSSi/c1-14(2,3)11(12)9-13-10-7-5-4-6-8-10/h4-9H,1-3H3. The predicted octanol–water partition coefficient (Wildman–Crippen LogP) is 4.47. The SMILES string of the molecule is C[Si](C)(C)C(F)=CSc1ccccc1. The molecule has 1 aromatic carbocycles. The number of rotatable bonds is 3. The average molecular weight is 226 g/mol. The van der Waals surface area contributed by atoms with Crippen molar-refractivity contribution in [1.29, 1.82) is 0 Å². The Kier molecular flexibility index (Phi) is 3.95. The summed E-state index contributed by atoms with van der Waals surface area (Å²) in [4.78, 5) is 1.08. The monoisotopic (exact) mass is 226 g/mol. The van der Waals surface area contributed by atoms with Gasteiger partial charge in [0.2, 0.25) is 0 Å². The van der Waals surface area contributed by atoms with E-state index in [2.05, 4.69) is 0 Å². The van der Waals surface area contributed by atoms with Gasteiger partial charge in [0.05, 0.1) is 5.45 Å². The van der Waals surface area contributed by atoms with Crippen LogP contribution in [0.1, 0.15) is 0 Å². The Balaban J connectivity index is 2.65. The summed E-state index contributed by atoms with van der Waals surface area (Å²) in [6.45, 7) is 6.01. The lowest BCUT2D eigenvalue weighted by Crippen LogP contribution is -2.20. The summed E-state index contributed by atoms with van der Waals surface area (Å²) < 4.78 is 13.5. The van der Waals surface area contributed by atoms with Crippen molar-refractivity contribution in [2.24, 2.45) is 0 Å². The predicted molar refractivity (Wildman–Crippen MR) is 64.8 cm³/mol. The lowest BCUT2D eigenvalue weighted by atomic mass is 10.4. The van der Waals surface area contributed by atoms with E-state index in [9.17, 15) is 4.39 Å². The number of benzene rings is 1. The molecule has 0 N–H and O–H groups in total. The van der Waals surface area contributed by atoms with Gasteiger partial charge in [-0.3, -0.25) is 0 Å². The summed E-state index contributed by atoms with van der Waals surface area (Å²) in [5.41, 5.74) is 0.0614. The minimum absolute atomic E-state index is 0.0614. The molecule has 76 valence electrons. The third-order valence-electron chi connectivity index (χ3n) is 1.76. The minimum atomic E-state index is -1.74. The zero-order valence-electron chi connectivity index (χ0n) is 8.75. The zero-order valence-corrected chi connectivity index (χ0v) is 10.6. The highest BCUT2D eigenvalue weighted by atomic mass is 32.2. The summed E-state index contributed by atoms with van der Waals surface area (Å²) in [6, 6.07) is 9.85. The van der Waals surface area contributed by atoms with E-state index in [0.717, 1.165) is 4.90 Å². The summed E-state index contributed by atoms with van der Waals surface area (Å²) in [6.07, 6.45) is 0. The van der Waals surface area contributed by atoms with E-state index in [0.29, 0.717) is 0 Å². The van der Waals surface area contributed by atoms with E-state index >= 15 is 0 Å². The summed E-state index contributed by atoms with van der Waals surface area (Å²) in [5.74, 6) is 0. The fourth-order valence-corrected chi connectivity index (χ4v) is 2.94. The molecule has 0 aromatic heterocycles. The van der Waals surface area contributed by atoms with Gasteiger partial charge in [0.15, 0.2) is 0 Å². The van der Waals surface area contributed by atoms with Crippen LogP contribution in [0.25, 0.3) is 0 Å². The molecule has 0 radical (unpaired) electrons. The van der Waals surface area contributed by atoms with Crippen LogP contribution < -0.4 is 0 Å². The van der Waals surface area contributed by atoms with Crippen molar-refractivity contribution in [3.8, 4) is 0 Å². The van der Waals surface area contributed by atoms with Gasteiger partial charge in [-0.25, -0.2) is 4.39 Å². The van der Waals surface area contributed by atoms with Crippen molar-refractivity contribution in [3.05, 3.63) is 41.2 Å². The van der Waals surface area contributed by atoms with E-state index < -0.39 is 8.07 Å². The van der Waals surface area contributed by atoms with Crippen LogP contribution in [-0.2, 0) is 0 Å². The van der Waals surface area contributed by atoms with Gasteiger partial charge < -0.3 is 0 Å². The first kappa shape index (κ1) is 11.5. The molecule has 14 heavy (non-hydrogen) atoms. The van der Waals surface area contributed by atoms with E-state index in [4.69, 9.17) is 0 Å². The molecule has 1 aromatic rings. The molecule has 0 aliphatic carbocycles. The number of thioether (sulfide) groups is 1. The Morgan fingerprint density at radius 1 is 1.21 bits per heavy atom.